The molecule has 2 rings (SSSR count). The number of piperazine rings is 1. The summed E-state index contributed by atoms with van der Waals surface area (Å²) in [6.07, 6.45) is -0.588. The van der Waals surface area contributed by atoms with Crippen LogP contribution in [0, 0.1) is 0 Å². The number of nitrogens with zero attached hydrogens (tertiary/aromatic N) is 1. The van der Waals surface area contributed by atoms with E-state index in [9.17, 15) is 13.2 Å². The number of rotatable bonds is 1. The lowest BCUT2D eigenvalue weighted by molar-refractivity contribution is 0.131. The monoisotopic (exact) mass is 228 g/mol. The molecule has 1 aliphatic heterocycles. The van der Waals surface area contributed by atoms with E-state index in [1.54, 1.807) is 0 Å². The minimum Gasteiger partial charge on any atom is -0.336 e. The van der Waals surface area contributed by atoms with Gasteiger partial charge in [-0.15, -0.1) is 12.4 Å². The Morgan fingerprint density at radius 3 is 2.36 bits per heavy atom. The van der Waals surface area contributed by atoms with Gasteiger partial charge in [-0.3, -0.25) is 0 Å². The third kappa shape index (κ3) is 1.83. The zero-order valence-corrected chi connectivity index (χ0v) is 8.34. The van der Waals surface area contributed by atoms with Crippen molar-refractivity contribution in [2.75, 3.05) is 19.6 Å². The SMILES string of the molecule is Cl.FC(F)=C(F)N1CCNCC12CC2. The molecule has 0 aromatic rings. The summed E-state index contributed by atoms with van der Waals surface area (Å²) in [7, 11) is 0. The van der Waals surface area contributed by atoms with Crippen LogP contribution in [0.5, 0.6) is 0 Å². The number of hydrogen-bond acceptors (Lipinski definition) is 2. The van der Waals surface area contributed by atoms with Crippen LogP contribution in [0.15, 0.2) is 12.0 Å². The zero-order valence-electron chi connectivity index (χ0n) is 7.52. The number of halogens is 4. The molecule has 1 N–H and O–H groups in total. The molecule has 6 heteroatoms. The number of hydrogen-bond donors (Lipinski definition) is 1. The van der Waals surface area contributed by atoms with E-state index < -0.39 is 12.0 Å². The van der Waals surface area contributed by atoms with Crippen molar-refractivity contribution in [2.45, 2.75) is 18.4 Å². The maximum absolute atomic E-state index is 13.0. The summed E-state index contributed by atoms with van der Waals surface area (Å²) in [4.78, 5) is 1.21. The first kappa shape index (κ1) is 11.7. The number of nitrogens with one attached hydrogen (secondary N) is 1. The highest BCUT2D eigenvalue weighted by molar-refractivity contribution is 5.85. The minimum atomic E-state index is -2.20. The molecule has 0 radical (unpaired) electrons. The van der Waals surface area contributed by atoms with Gasteiger partial charge in [-0.2, -0.15) is 13.2 Å². The molecule has 0 atom stereocenters. The van der Waals surface area contributed by atoms with Crippen molar-refractivity contribution in [3.05, 3.63) is 12.0 Å². The first-order valence-electron chi connectivity index (χ1n) is 4.35. The van der Waals surface area contributed by atoms with Crippen molar-refractivity contribution in [3.8, 4) is 0 Å². The summed E-state index contributed by atoms with van der Waals surface area (Å²) in [5.74, 6) is -1.33. The van der Waals surface area contributed by atoms with Crippen molar-refractivity contribution in [1.29, 1.82) is 0 Å². The van der Waals surface area contributed by atoms with Crippen LogP contribution in [0.25, 0.3) is 0 Å². The third-order valence-corrected chi connectivity index (χ3v) is 2.76. The topological polar surface area (TPSA) is 15.3 Å². The smallest absolute Gasteiger partial charge is 0.322 e. The van der Waals surface area contributed by atoms with Crippen LogP contribution in [0.4, 0.5) is 13.2 Å². The average Bonchev–Trinajstić information content (AvgIpc) is 2.85. The average molecular weight is 229 g/mol. The molecule has 1 heterocycles. The quantitative estimate of drug-likeness (QED) is 0.690. The van der Waals surface area contributed by atoms with Crippen LogP contribution in [0.3, 0.4) is 0 Å². The Morgan fingerprint density at radius 2 is 1.86 bits per heavy atom. The molecule has 1 saturated heterocycles. The molecule has 0 bridgehead atoms. The Bertz CT molecular complexity index is 249. The van der Waals surface area contributed by atoms with Crippen molar-refractivity contribution >= 4 is 12.4 Å². The van der Waals surface area contributed by atoms with Crippen molar-refractivity contribution in [3.63, 3.8) is 0 Å². The van der Waals surface area contributed by atoms with Gasteiger partial charge in [0.1, 0.15) is 0 Å². The summed E-state index contributed by atoms with van der Waals surface area (Å²) in [5, 5.41) is 3.09. The van der Waals surface area contributed by atoms with E-state index >= 15 is 0 Å². The Balaban J connectivity index is 0.000000980. The fourth-order valence-corrected chi connectivity index (χ4v) is 1.84. The van der Waals surface area contributed by atoms with Gasteiger partial charge < -0.3 is 10.2 Å². The largest absolute Gasteiger partial charge is 0.336 e. The lowest BCUT2D eigenvalue weighted by Crippen LogP contribution is -2.52. The predicted molar refractivity (Wildman–Crippen MR) is 49.1 cm³/mol. The van der Waals surface area contributed by atoms with E-state index in [0.29, 0.717) is 19.6 Å². The van der Waals surface area contributed by atoms with E-state index in [4.69, 9.17) is 0 Å². The highest BCUT2D eigenvalue weighted by Gasteiger charge is 2.51. The Labute approximate surface area is 86.6 Å². The molecule has 1 spiro atoms. The van der Waals surface area contributed by atoms with Gasteiger partial charge in [-0.05, 0) is 12.8 Å². The summed E-state index contributed by atoms with van der Waals surface area (Å²) in [6.45, 7) is 1.53. The van der Waals surface area contributed by atoms with Crippen molar-refractivity contribution < 1.29 is 13.2 Å². The van der Waals surface area contributed by atoms with Gasteiger partial charge in [0.15, 0.2) is 0 Å². The summed E-state index contributed by atoms with van der Waals surface area (Å²) >= 11 is 0. The Hall–Kier alpha value is -0.420. The van der Waals surface area contributed by atoms with E-state index in [2.05, 4.69) is 5.32 Å². The lowest BCUT2D eigenvalue weighted by atomic mass is 10.2. The van der Waals surface area contributed by atoms with Gasteiger partial charge >= 0.3 is 6.08 Å². The molecule has 2 nitrogen and oxygen atoms in total. The molecule has 82 valence electrons. The fourth-order valence-electron chi connectivity index (χ4n) is 1.84. The van der Waals surface area contributed by atoms with Crippen LogP contribution < -0.4 is 5.32 Å². The van der Waals surface area contributed by atoms with Gasteiger partial charge in [0.25, 0.3) is 5.95 Å². The van der Waals surface area contributed by atoms with Crippen molar-refractivity contribution in [2.24, 2.45) is 0 Å². The lowest BCUT2D eigenvalue weighted by Gasteiger charge is -2.36. The maximum Gasteiger partial charge on any atom is 0.322 e. The van der Waals surface area contributed by atoms with Gasteiger partial charge in [0.2, 0.25) is 0 Å². The van der Waals surface area contributed by atoms with Crippen LogP contribution in [0.2, 0.25) is 0 Å². The van der Waals surface area contributed by atoms with Crippen LogP contribution in [-0.4, -0.2) is 30.1 Å². The molecule has 2 fully saturated rings. The summed E-state index contributed by atoms with van der Waals surface area (Å²) in [6, 6.07) is 0. The highest BCUT2D eigenvalue weighted by Crippen LogP contribution is 2.45. The molecule has 0 unspecified atom stereocenters. The molecular formula is C8H12ClF3N2. The van der Waals surface area contributed by atoms with E-state index in [1.165, 1.54) is 4.90 Å². The van der Waals surface area contributed by atoms with E-state index in [-0.39, 0.29) is 17.9 Å². The molecule has 0 aromatic heterocycles. The van der Waals surface area contributed by atoms with Crippen molar-refractivity contribution in [1.82, 2.24) is 10.2 Å². The Kier molecular flexibility index (Phi) is 3.32. The fraction of sp³-hybridized carbons (Fsp3) is 0.750. The maximum atomic E-state index is 13.0. The second-order valence-corrected chi connectivity index (χ2v) is 3.60. The summed E-state index contributed by atoms with van der Waals surface area (Å²) in [5.41, 5.74) is -0.342. The van der Waals surface area contributed by atoms with Gasteiger partial charge in [-0.25, -0.2) is 0 Å². The second kappa shape index (κ2) is 3.98. The van der Waals surface area contributed by atoms with Crippen LogP contribution >= 0.6 is 12.4 Å². The Morgan fingerprint density at radius 1 is 1.21 bits per heavy atom. The van der Waals surface area contributed by atoms with Crippen LogP contribution in [0.1, 0.15) is 12.8 Å². The molecule has 14 heavy (non-hydrogen) atoms. The normalized spacial score (nSPS) is 22.9. The standard InChI is InChI=1S/C8H11F3N2.ClH/c9-6(10)7(11)13-4-3-12-5-8(13)1-2-8;/h12H,1-5H2;1H. The minimum absolute atomic E-state index is 0. The van der Waals surface area contributed by atoms with Crippen LogP contribution in [-0.2, 0) is 0 Å². The molecule has 0 amide bonds. The third-order valence-electron chi connectivity index (χ3n) is 2.76. The molecule has 1 aliphatic carbocycles. The first-order chi connectivity index (χ1) is 6.16. The molecular weight excluding hydrogens is 217 g/mol. The van der Waals surface area contributed by atoms with Gasteiger partial charge in [0.05, 0.1) is 5.54 Å². The highest BCUT2D eigenvalue weighted by atomic mass is 35.5. The van der Waals surface area contributed by atoms with Gasteiger partial charge in [0, 0.05) is 19.6 Å². The molecule has 1 saturated carbocycles. The zero-order chi connectivity index (χ0) is 9.47. The molecule has 0 aromatic carbocycles. The predicted octanol–water partition coefficient (Wildman–Crippen LogP) is 1.88. The molecule has 2 aliphatic rings. The van der Waals surface area contributed by atoms with E-state index in [1.807, 2.05) is 0 Å². The van der Waals surface area contributed by atoms with Gasteiger partial charge in [-0.1, -0.05) is 0 Å². The first-order valence-corrected chi connectivity index (χ1v) is 4.35. The van der Waals surface area contributed by atoms with E-state index in [0.717, 1.165) is 12.8 Å². The second-order valence-electron chi connectivity index (χ2n) is 3.60. The summed E-state index contributed by atoms with van der Waals surface area (Å²) < 4.78 is 37.0.